The first-order valence-electron chi connectivity index (χ1n) is 6.98. The van der Waals surface area contributed by atoms with Gasteiger partial charge in [0.05, 0.1) is 11.5 Å². The molecule has 2 atom stereocenters. The molecule has 1 N–H and O–H groups in total. The van der Waals surface area contributed by atoms with Crippen molar-refractivity contribution in [3.8, 4) is 0 Å². The third-order valence-electron chi connectivity index (χ3n) is 4.43. The average Bonchev–Trinajstić information content (AvgIpc) is 2.73. The van der Waals surface area contributed by atoms with Crippen LogP contribution in [-0.2, 0) is 16.6 Å². The molecule has 5 heteroatoms. The molecule has 0 aromatic heterocycles. The molecule has 1 aromatic rings. The maximum Gasteiger partial charge on any atom is 0.243 e. The Kier molecular flexibility index (Phi) is 4.23. The lowest BCUT2D eigenvalue weighted by atomic mass is 10.0. The molecule has 0 amide bonds. The number of nitrogens with zero attached hydrogens (tertiary/aromatic N) is 1. The van der Waals surface area contributed by atoms with Crippen LogP contribution in [-0.4, -0.2) is 30.9 Å². The van der Waals surface area contributed by atoms with Gasteiger partial charge in [-0.05, 0) is 48.4 Å². The molecule has 1 fully saturated rings. The zero-order valence-electron chi connectivity index (χ0n) is 12.5. The summed E-state index contributed by atoms with van der Waals surface area (Å²) in [4.78, 5) is 0.336. The van der Waals surface area contributed by atoms with Crippen LogP contribution >= 0.6 is 0 Å². The molecule has 1 aliphatic heterocycles. The lowest BCUT2D eigenvalue weighted by molar-refractivity contribution is 0.281. The van der Waals surface area contributed by atoms with Crippen LogP contribution in [0.5, 0.6) is 0 Å². The van der Waals surface area contributed by atoms with E-state index in [9.17, 15) is 13.5 Å². The van der Waals surface area contributed by atoms with Crippen LogP contribution in [0.1, 0.15) is 30.5 Å². The van der Waals surface area contributed by atoms with Crippen molar-refractivity contribution < 1.29 is 13.5 Å². The first-order chi connectivity index (χ1) is 9.27. The maximum absolute atomic E-state index is 12.8. The van der Waals surface area contributed by atoms with Crippen molar-refractivity contribution in [3.63, 3.8) is 0 Å². The second kappa shape index (κ2) is 5.47. The van der Waals surface area contributed by atoms with Crippen LogP contribution in [0.25, 0.3) is 0 Å². The van der Waals surface area contributed by atoms with Gasteiger partial charge < -0.3 is 5.11 Å². The SMILES string of the molecule is Cc1cc(CO)cc(S(=O)(=O)N2CC(C)C(C)C2)c1C. The Labute approximate surface area is 121 Å². The molecule has 1 saturated heterocycles. The molecule has 4 nitrogen and oxygen atoms in total. The Balaban J connectivity index is 2.47. The number of rotatable bonds is 3. The van der Waals surface area contributed by atoms with Gasteiger partial charge in [-0.3, -0.25) is 0 Å². The second-order valence-corrected chi connectivity index (χ2v) is 7.88. The van der Waals surface area contributed by atoms with Crippen LogP contribution in [0.2, 0.25) is 0 Å². The fraction of sp³-hybridized carbons (Fsp3) is 0.600. The molecular formula is C15H23NO3S. The monoisotopic (exact) mass is 297 g/mol. The smallest absolute Gasteiger partial charge is 0.243 e. The first kappa shape index (κ1) is 15.5. The van der Waals surface area contributed by atoms with E-state index in [1.165, 1.54) is 0 Å². The fourth-order valence-electron chi connectivity index (χ4n) is 2.67. The number of hydrogen-bond donors (Lipinski definition) is 1. The molecule has 0 spiro atoms. The number of benzene rings is 1. The molecule has 0 radical (unpaired) electrons. The van der Waals surface area contributed by atoms with Crippen molar-refractivity contribution in [3.05, 3.63) is 28.8 Å². The molecule has 0 saturated carbocycles. The molecule has 1 aliphatic rings. The van der Waals surface area contributed by atoms with Gasteiger partial charge in [-0.15, -0.1) is 0 Å². The van der Waals surface area contributed by atoms with Gasteiger partial charge in [0.15, 0.2) is 0 Å². The van der Waals surface area contributed by atoms with Gasteiger partial charge in [0, 0.05) is 13.1 Å². The minimum Gasteiger partial charge on any atom is -0.392 e. The lowest BCUT2D eigenvalue weighted by Gasteiger charge is -2.19. The summed E-state index contributed by atoms with van der Waals surface area (Å²) in [5, 5.41) is 9.28. The molecule has 0 bridgehead atoms. The summed E-state index contributed by atoms with van der Waals surface area (Å²) >= 11 is 0. The third-order valence-corrected chi connectivity index (χ3v) is 6.39. The van der Waals surface area contributed by atoms with Gasteiger partial charge in [-0.1, -0.05) is 19.9 Å². The standard InChI is InChI=1S/C15H23NO3S/c1-10-5-14(9-17)6-15(13(10)4)20(18,19)16-7-11(2)12(3)8-16/h5-6,11-12,17H,7-9H2,1-4H3. The molecule has 1 heterocycles. The van der Waals surface area contributed by atoms with E-state index < -0.39 is 10.0 Å². The fourth-order valence-corrected chi connectivity index (χ4v) is 4.66. The van der Waals surface area contributed by atoms with Crippen molar-refractivity contribution in [2.24, 2.45) is 11.8 Å². The minimum absolute atomic E-state index is 0.142. The zero-order valence-corrected chi connectivity index (χ0v) is 13.4. The Bertz CT molecular complexity index is 600. The van der Waals surface area contributed by atoms with Crippen molar-refractivity contribution in [1.29, 1.82) is 0 Å². The van der Waals surface area contributed by atoms with Crippen molar-refractivity contribution in [1.82, 2.24) is 4.31 Å². The van der Waals surface area contributed by atoms with E-state index in [2.05, 4.69) is 13.8 Å². The van der Waals surface area contributed by atoms with Crippen molar-refractivity contribution in [2.45, 2.75) is 39.2 Å². The van der Waals surface area contributed by atoms with E-state index in [4.69, 9.17) is 0 Å². The third kappa shape index (κ3) is 2.62. The molecule has 2 rings (SSSR count). The maximum atomic E-state index is 12.8. The summed E-state index contributed by atoms with van der Waals surface area (Å²) in [6.07, 6.45) is 0. The number of hydrogen-bond acceptors (Lipinski definition) is 3. The van der Waals surface area contributed by atoms with Crippen LogP contribution in [0.3, 0.4) is 0 Å². The number of aliphatic hydroxyl groups excluding tert-OH is 1. The highest BCUT2D eigenvalue weighted by molar-refractivity contribution is 7.89. The van der Waals surface area contributed by atoms with Gasteiger partial charge in [0.1, 0.15) is 0 Å². The number of sulfonamides is 1. The Morgan fingerprint density at radius 3 is 2.25 bits per heavy atom. The highest BCUT2D eigenvalue weighted by Crippen LogP contribution is 2.30. The van der Waals surface area contributed by atoms with E-state index in [0.717, 1.165) is 11.1 Å². The Morgan fingerprint density at radius 2 is 1.75 bits per heavy atom. The van der Waals surface area contributed by atoms with Crippen LogP contribution < -0.4 is 0 Å². The average molecular weight is 297 g/mol. The van der Waals surface area contributed by atoms with Gasteiger partial charge >= 0.3 is 0 Å². The Hall–Kier alpha value is -0.910. The van der Waals surface area contributed by atoms with Gasteiger partial charge in [0.2, 0.25) is 10.0 Å². The molecule has 1 aromatic carbocycles. The molecule has 112 valence electrons. The van der Waals surface area contributed by atoms with E-state index >= 15 is 0 Å². The van der Waals surface area contributed by atoms with Crippen LogP contribution in [0.4, 0.5) is 0 Å². The summed E-state index contributed by atoms with van der Waals surface area (Å²) in [6, 6.07) is 3.44. The van der Waals surface area contributed by atoms with E-state index in [1.54, 1.807) is 10.4 Å². The summed E-state index contributed by atoms with van der Waals surface area (Å²) < 4.78 is 27.2. The van der Waals surface area contributed by atoms with Crippen molar-refractivity contribution in [2.75, 3.05) is 13.1 Å². The summed E-state index contributed by atoms with van der Waals surface area (Å²) in [5.41, 5.74) is 2.32. The first-order valence-corrected chi connectivity index (χ1v) is 8.42. The molecule has 0 aliphatic carbocycles. The summed E-state index contributed by atoms with van der Waals surface area (Å²) in [7, 11) is -3.47. The summed E-state index contributed by atoms with van der Waals surface area (Å²) in [6.45, 7) is 8.88. The van der Waals surface area contributed by atoms with E-state index in [-0.39, 0.29) is 6.61 Å². The van der Waals surface area contributed by atoms with Gasteiger partial charge in [-0.25, -0.2) is 8.42 Å². The molecular weight excluding hydrogens is 274 g/mol. The van der Waals surface area contributed by atoms with E-state index in [1.807, 2.05) is 19.9 Å². The van der Waals surface area contributed by atoms with Gasteiger partial charge in [-0.2, -0.15) is 4.31 Å². The highest BCUT2D eigenvalue weighted by Gasteiger charge is 2.35. The predicted octanol–water partition coefficient (Wildman–Crippen LogP) is 2.07. The largest absolute Gasteiger partial charge is 0.392 e. The Morgan fingerprint density at radius 1 is 1.20 bits per heavy atom. The molecule has 2 unspecified atom stereocenters. The normalized spacial score (nSPS) is 24.2. The predicted molar refractivity (Wildman–Crippen MR) is 78.9 cm³/mol. The topological polar surface area (TPSA) is 57.6 Å². The van der Waals surface area contributed by atoms with Crippen LogP contribution in [0.15, 0.2) is 17.0 Å². The summed E-state index contributed by atoms with van der Waals surface area (Å²) in [5.74, 6) is 0.763. The zero-order chi connectivity index (χ0) is 15.1. The number of aliphatic hydroxyl groups is 1. The lowest BCUT2D eigenvalue weighted by Crippen LogP contribution is -2.29. The van der Waals surface area contributed by atoms with Gasteiger partial charge in [0.25, 0.3) is 0 Å². The quantitative estimate of drug-likeness (QED) is 0.929. The second-order valence-electron chi connectivity index (χ2n) is 5.97. The molecule has 20 heavy (non-hydrogen) atoms. The van der Waals surface area contributed by atoms with Crippen molar-refractivity contribution >= 4 is 10.0 Å². The highest BCUT2D eigenvalue weighted by atomic mass is 32.2. The van der Waals surface area contributed by atoms with E-state index in [0.29, 0.717) is 35.4 Å². The van der Waals surface area contributed by atoms with Crippen LogP contribution in [0, 0.1) is 25.7 Å². The minimum atomic E-state index is -3.47. The number of aryl methyl sites for hydroxylation is 1.